The average Bonchev–Trinajstić information content (AvgIpc) is 2.25. The first kappa shape index (κ1) is 13.1. The number of aromatic nitrogens is 2. The minimum absolute atomic E-state index is 0.0535. The van der Waals surface area contributed by atoms with Gasteiger partial charge in [-0.15, -0.1) is 0 Å². The molecule has 1 aromatic carbocycles. The van der Waals surface area contributed by atoms with Gasteiger partial charge < -0.3 is 10.2 Å². The van der Waals surface area contributed by atoms with E-state index in [9.17, 15) is 15.0 Å². The van der Waals surface area contributed by atoms with Crippen LogP contribution >= 0.6 is 11.6 Å². The molecule has 2 rings (SSSR count). The van der Waals surface area contributed by atoms with Crippen LogP contribution in [0, 0.1) is 6.92 Å². The Bertz CT molecular complexity index is 606. The normalized spacial score (nSPS) is 10.2. The van der Waals surface area contributed by atoms with Crippen molar-refractivity contribution in [3.8, 4) is 11.5 Å². The van der Waals surface area contributed by atoms with Gasteiger partial charge in [-0.2, -0.15) is 0 Å². The van der Waals surface area contributed by atoms with Crippen LogP contribution in [0.2, 0.25) is 5.15 Å². The number of carbonyl (C=O) groups is 1. The summed E-state index contributed by atoms with van der Waals surface area (Å²) in [6.07, 6.45) is 0. The van der Waals surface area contributed by atoms with E-state index in [1.165, 1.54) is 12.1 Å². The summed E-state index contributed by atoms with van der Waals surface area (Å²) in [7, 11) is 0. The highest BCUT2D eigenvalue weighted by Crippen LogP contribution is 2.21. The number of nitrogens with zero attached hydrogens (tertiary/aromatic N) is 2. The molecule has 0 saturated carbocycles. The molecule has 98 valence electrons. The molecule has 0 bridgehead atoms. The summed E-state index contributed by atoms with van der Waals surface area (Å²) in [4.78, 5) is 19.7. The first-order valence-electron chi connectivity index (χ1n) is 5.29. The van der Waals surface area contributed by atoms with E-state index >= 15 is 0 Å². The van der Waals surface area contributed by atoms with Gasteiger partial charge in [-0.05, 0) is 25.1 Å². The molecule has 0 aliphatic carbocycles. The van der Waals surface area contributed by atoms with Crippen LogP contribution in [0.15, 0.2) is 24.3 Å². The number of amides is 1. The van der Waals surface area contributed by atoms with Crippen molar-refractivity contribution in [3.05, 3.63) is 40.7 Å². The summed E-state index contributed by atoms with van der Waals surface area (Å²) < 4.78 is 0. The van der Waals surface area contributed by atoms with E-state index in [4.69, 9.17) is 11.6 Å². The van der Waals surface area contributed by atoms with E-state index in [0.717, 1.165) is 6.07 Å². The third-order valence-electron chi connectivity index (χ3n) is 2.21. The van der Waals surface area contributed by atoms with E-state index in [-0.39, 0.29) is 28.2 Å². The number of phenolic OH excluding ortho intramolecular Hbond substituents is 2. The van der Waals surface area contributed by atoms with Crippen molar-refractivity contribution in [2.45, 2.75) is 6.92 Å². The van der Waals surface area contributed by atoms with Crippen molar-refractivity contribution in [3.63, 3.8) is 0 Å². The van der Waals surface area contributed by atoms with Gasteiger partial charge in [0.05, 0.1) is 0 Å². The zero-order valence-corrected chi connectivity index (χ0v) is 10.6. The minimum atomic E-state index is -0.562. The molecule has 0 spiro atoms. The van der Waals surface area contributed by atoms with E-state index in [1.807, 2.05) is 0 Å². The number of benzene rings is 1. The Morgan fingerprint density at radius 3 is 2.37 bits per heavy atom. The molecule has 1 amide bonds. The zero-order chi connectivity index (χ0) is 14.0. The molecule has 6 nitrogen and oxygen atoms in total. The molecule has 0 radical (unpaired) electrons. The second-order valence-corrected chi connectivity index (χ2v) is 4.24. The fourth-order valence-corrected chi connectivity index (χ4v) is 1.72. The van der Waals surface area contributed by atoms with Crippen LogP contribution in [0.5, 0.6) is 11.5 Å². The lowest BCUT2D eigenvalue weighted by molar-refractivity contribution is 0.102. The van der Waals surface area contributed by atoms with Crippen LogP contribution in [0.1, 0.15) is 16.1 Å². The number of anilines is 1. The fourth-order valence-electron chi connectivity index (χ4n) is 1.49. The highest BCUT2D eigenvalue weighted by Gasteiger charge is 2.11. The van der Waals surface area contributed by atoms with E-state index < -0.39 is 5.91 Å². The summed E-state index contributed by atoms with van der Waals surface area (Å²) in [5, 5.41) is 21.2. The van der Waals surface area contributed by atoms with Gasteiger partial charge in [0.15, 0.2) is 0 Å². The highest BCUT2D eigenvalue weighted by molar-refractivity contribution is 6.29. The maximum Gasteiger partial charge on any atom is 0.258 e. The minimum Gasteiger partial charge on any atom is -0.508 e. The maximum atomic E-state index is 11.9. The Morgan fingerprint density at radius 1 is 1.16 bits per heavy atom. The number of nitrogens with one attached hydrogen (secondary N) is 1. The SMILES string of the molecule is Cc1cc(Cl)nc(NC(=O)c2cc(O)cc(O)c2)n1. The molecule has 0 unspecified atom stereocenters. The monoisotopic (exact) mass is 279 g/mol. The number of hydrogen-bond acceptors (Lipinski definition) is 5. The molecule has 0 fully saturated rings. The summed E-state index contributed by atoms with van der Waals surface area (Å²) in [5.41, 5.74) is 0.688. The molecule has 7 heteroatoms. The highest BCUT2D eigenvalue weighted by atomic mass is 35.5. The van der Waals surface area contributed by atoms with Crippen molar-refractivity contribution in [2.24, 2.45) is 0 Å². The predicted octanol–water partition coefficient (Wildman–Crippen LogP) is 2.10. The van der Waals surface area contributed by atoms with Gasteiger partial charge in [0, 0.05) is 17.3 Å². The molecule has 0 aliphatic rings. The number of aryl methyl sites for hydroxylation is 1. The fraction of sp³-hybridized carbons (Fsp3) is 0.0833. The van der Waals surface area contributed by atoms with Gasteiger partial charge in [0.1, 0.15) is 16.7 Å². The number of rotatable bonds is 2. The van der Waals surface area contributed by atoms with Crippen LogP contribution in [0.4, 0.5) is 5.95 Å². The number of carbonyl (C=O) groups excluding carboxylic acids is 1. The third-order valence-corrected chi connectivity index (χ3v) is 2.41. The van der Waals surface area contributed by atoms with E-state index in [0.29, 0.717) is 5.69 Å². The van der Waals surface area contributed by atoms with E-state index in [2.05, 4.69) is 15.3 Å². The molecule has 3 N–H and O–H groups in total. The van der Waals surface area contributed by atoms with Crippen LogP contribution < -0.4 is 5.32 Å². The Kier molecular flexibility index (Phi) is 3.52. The number of halogens is 1. The Morgan fingerprint density at radius 2 is 1.79 bits per heavy atom. The van der Waals surface area contributed by atoms with Crippen LogP contribution in [-0.4, -0.2) is 26.1 Å². The largest absolute Gasteiger partial charge is 0.508 e. The van der Waals surface area contributed by atoms with Gasteiger partial charge in [-0.1, -0.05) is 11.6 Å². The molecule has 0 aliphatic heterocycles. The lowest BCUT2D eigenvalue weighted by Gasteiger charge is -2.06. The Labute approximate surface area is 113 Å². The van der Waals surface area contributed by atoms with Gasteiger partial charge in [0.2, 0.25) is 5.95 Å². The van der Waals surface area contributed by atoms with Crippen molar-refractivity contribution in [1.29, 1.82) is 0 Å². The van der Waals surface area contributed by atoms with Gasteiger partial charge in [-0.25, -0.2) is 9.97 Å². The summed E-state index contributed by atoms with van der Waals surface area (Å²) in [6.45, 7) is 1.71. The lowest BCUT2D eigenvalue weighted by Crippen LogP contribution is -2.14. The number of aromatic hydroxyl groups is 2. The van der Waals surface area contributed by atoms with Crippen molar-refractivity contribution >= 4 is 23.5 Å². The first-order chi connectivity index (χ1) is 8.94. The van der Waals surface area contributed by atoms with Crippen molar-refractivity contribution < 1.29 is 15.0 Å². The number of hydrogen-bond donors (Lipinski definition) is 3. The maximum absolute atomic E-state index is 11.9. The third kappa shape index (κ3) is 3.32. The molecule has 2 aromatic rings. The smallest absolute Gasteiger partial charge is 0.258 e. The molecular weight excluding hydrogens is 270 g/mol. The number of phenols is 2. The topological polar surface area (TPSA) is 95.3 Å². The lowest BCUT2D eigenvalue weighted by atomic mass is 10.2. The first-order valence-corrected chi connectivity index (χ1v) is 5.67. The summed E-state index contributed by atoms with van der Waals surface area (Å²) in [5.74, 6) is -0.938. The molecule has 1 heterocycles. The molecular formula is C12H10ClN3O3. The van der Waals surface area contributed by atoms with Gasteiger partial charge in [0.25, 0.3) is 5.91 Å². The van der Waals surface area contributed by atoms with Crippen molar-refractivity contribution in [2.75, 3.05) is 5.32 Å². The second-order valence-electron chi connectivity index (χ2n) is 3.85. The Hall–Kier alpha value is -2.34. The molecule has 1 aromatic heterocycles. The van der Waals surface area contributed by atoms with Gasteiger partial charge >= 0.3 is 0 Å². The average molecular weight is 280 g/mol. The van der Waals surface area contributed by atoms with Crippen LogP contribution in [0.25, 0.3) is 0 Å². The van der Waals surface area contributed by atoms with Crippen LogP contribution in [-0.2, 0) is 0 Å². The summed E-state index contributed by atoms with van der Waals surface area (Å²) >= 11 is 5.75. The molecule has 0 atom stereocenters. The molecule has 0 saturated heterocycles. The molecule has 19 heavy (non-hydrogen) atoms. The predicted molar refractivity (Wildman–Crippen MR) is 69.5 cm³/mol. The van der Waals surface area contributed by atoms with E-state index in [1.54, 1.807) is 13.0 Å². The zero-order valence-electron chi connectivity index (χ0n) is 9.88. The quantitative estimate of drug-likeness (QED) is 0.732. The van der Waals surface area contributed by atoms with Gasteiger partial charge in [-0.3, -0.25) is 10.1 Å². The van der Waals surface area contributed by atoms with Crippen LogP contribution in [0.3, 0.4) is 0 Å². The van der Waals surface area contributed by atoms with Crippen molar-refractivity contribution in [1.82, 2.24) is 9.97 Å². The standard InChI is InChI=1S/C12H10ClN3O3/c1-6-2-10(13)15-12(14-6)16-11(19)7-3-8(17)5-9(18)4-7/h2-5,17-18H,1H3,(H,14,15,16,19). The second kappa shape index (κ2) is 5.11. The Balaban J connectivity index is 2.25. The summed E-state index contributed by atoms with van der Waals surface area (Å²) in [6, 6.07) is 5.10.